The third-order valence-electron chi connectivity index (χ3n) is 1.31. The van der Waals surface area contributed by atoms with Crippen molar-refractivity contribution in [3.63, 3.8) is 0 Å². The average Bonchev–Trinajstić information content (AvgIpc) is 2.09. The lowest BCUT2D eigenvalue weighted by atomic mass is 10.4. The molecule has 1 rings (SSSR count). The Kier molecular flexibility index (Phi) is 4.20. The molecule has 0 saturated carbocycles. The fraction of sp³-hybridized carbons (Fsp3) is 0.222. The molecule has 0 bridgehead atoms. The van der Waals surface area contributed by atoms with Gasteiger partial charge in [0.2, 0.25) is 0 Å². The van der Waals surface area contributed by atoms with Gasteiger partial charge in [-0.1, -0.05) is 12.1 Å². The van der Waals surface area contributed by atoms with E-state index in [1.807, 2.05) is 24.3 Å². The Morgan fingerprint density at radius 1 is 1.42 bits per heavy atom. The predicted molar refractivity (Wildman–Crippen MR) is 55.1 cm³/mol. The average molecular weight is 242 g/mol. The monoisotopic (exact) mass is 241 g/mol. The number of halogens is 1. The Balaban J connectivity index is 2.53. The van der Waals surface area contributed by atoms with Crippen molar-refractivity contribution >= 4 is 27.7 Å². The van der Waals surface area contributed by atoms with Crippen molar-refractivity contribution in [2.75, 3.05) is 5.75 Å². The van der Waals surface area contributed by atoms with Gasteiger partial charge in [0.15, 0.2) is 0 Å². The highest BCUT2D eigenvalue weighted by atomic mass is 79.9. The molecule has 0 amide bonds. The van der Waals surface area contributed by atoms with E-state index in [-0.39, 0.29) is 0 Å². The van der Waals surface area contributed by atoms with Gasteiger partial charge in [-0.3, -0.25) is 0 Å². The van der Waals surface area contributed by atoms with Gasteiger partial charge in [0.25, 0.3) is 0 Å². The molecule has 0 saturated heterocycles. The Bertz CT molecular complexity index is 293. The second-order valence-corrected chi connectivity index (χ2v) is 4.18. The van der Waals surface area contributed by atoms with Crippen molar-refractivity contribution in [3.05, 3.63) is 28.7 Å². The fourth-order valence-corrected chi connectivity index (χ4v) is 2.19. The summed E-state index contributed by atoms with van der Waals surface area (Å²) in [6.45, 7) is 0. The second-order valence-electron chi connectivity index (χ2n) is 2.19. The fourth-order valence-electron chi connectivity index (χ4n) is 0.768. The van der Waals surface area contributed by atoms with Crippen LogP contribution >= 0.6 is 27.7 Å². The van der Waals surface area contributed by atoms with Crippen molar-refractivity contribution in [1.82, 2.24) is 0 Å². The molecule has 0 atom stereocenters. The van der Waals surface area contributed by atoms with Crippen LogP contribution < -0.4 is 0 Å². The molecule has 0 aliphatic carbocycles. The minimum absolute atomic E-state index is 0.603. The Hall–Kier alpha value is -0.460. The van der Waals surface area contributed by atoms with Crippen LogP contribution in [0.25, 0.3) is 0 Å². The molecule has 0 fully saturated rings. The van der Waals surface area contributed by atoms with Crippen LogP contribution in [0.3, 0.4) is 0 Å². The number of benzene rings is 1. The lowest BCUT2D eigenvalue weighted by Crippen LogP contribution is -1.77. The third-order valence-corrected chi connectivity index (χ3v) is 3.34. The highest BCUT2D eigenvalue weighted by Gasteiger charge is 1.97. The molecular formula is C9H8BrNS. The topological polar surface area (TPSA) is 23.8 Å². The molecule has 0 aliphatic heterocycles. The minimum atomic E-state index is 0.603. The molecule has 0 spiro atoms. The van der Waals surface area contributed by atoms with E-state index in [1.54, 1.807) is 11.8 Å². The molecule has 0 aliphatic rings. The van der Waals surface area contributed by atoms with Crippen molar-refractivity contribution in [1.29, 1.82) is 5.26 Å². The first-order chi connectivity index (χ1) is 5.84. The highest BCUT2D eigenvalue weighted by molar-refractivity contribution is 9.10. The van der Waals surface area contributed by atoms with E-state index < -0.39 is 0 Å². The normalized spacial score (nSPS) is 9.33. The first kappa shape index (κ1) is 9.63. The first-order valence-corrected chi connectivity index (χ1v) is 5.36. The summed E-state index contributed by atoms with van der Waals surface area (Å²) in [5, 5.41) is 8.34. The summed E-state index contributed by atoms with van der Waals surface area (Å²) in [4.78, 5) is 1.20. The molecule has 0 heterocycles. The van der Waals surface area contributed by atoms with Crippen molar-refractivity contribution in [2.24, 2.45) is 0 Å². The molecule has 0 N–H and O–H groups in total. The van der Waals surface area contributed by atoms with E-state index >= 15 is 0 Å². The van der Waals surface area contributed by atoms with Crippen LogP contribution in [0.5, 0.6) is 0 Å². The molecule has 12 heavy (non-hydrogen) atoms. The zero-order valence-corrected chi connectivity index (χ0v) is 8.86. The van der Waals surface area contributed by atoms with Crippen molar-refractivity contribution < 1.29 is 0 Å². The van der Waals surface area contributed by atoms with Gasteiger partial charge in [0, 0.05) is 21.5 Å². The van der Waals surface area contributed by atoms with Crippen LogP contribution in [0.1, 0.15) is 6.42 Å². The second kappa shape index (κ2) is 5.23. The molecule has 0 unspecified atom stereocenters. The van der Waals surface area contributed by atoms with Crippen molar-refractivity contribution in [2.45, 2.75) is 11.3 Å². The molecule has 1 aromatic carbocycles. The smallest absolute Gasteiger partial charge is 0.0630 e. The lowest BCUT2D eigenvalue weighted by molar-refractivity contribution is 1.23. The summed E-state index contributed by atoms with van der Waals surface area (Å²) in [7, 11) is 0. The van der Waals surface area contributed by atoms with Crippen LogP contribution in [-0.2, 0) is 0 Å². The van der Waals surface area contributed by atoms with Gasteiger partial charge in [-0.2, -0.15) is 5.26 Å². The number of rotatable bonds is 3. The SMILES string of the molecule is N#CCCSc1ccccc1Br. The predicted octanol–water partition coefficient (Wildman–Crippen LogP) is 3.45. The Labute approximate surface area is 84.9 Å². The van der Waals surface area contributed by atoms with Gasteiger partial charge < -0.3 is 0 Å². The van der Waals surface area contributed by atoms with E-state index in [1.165, 1.54) is 4.90 Å². The van der Waals surface area contributed by atoms with Gasteiger partial charge in [-0.05, 0) is 28.1 Å². The van der Waals surface area contributed by atoms with Gasteiger partial charge in [-0.15, -0.1) is 11.8 Å². The van der Waals surface area contributed by atoms with E-state index in [0.29, 0.717) is 6.42 Å². The summed E-state index contributed by atoms with van der Waals surface area (Å²) in [6, 6.07) is 10.2. The van der Waals surface area contributed by atoms with Crippen LogP contribution in [-0.4, -0.2) is 5.75 Å². The first-order valence-electron chi connectivity index (χ1n) is 3.59. The zero-order valence-electron chi connectivity index (χ0n) is 6.46. The van der Waals surface area contributed by atoms with E-state index in [0.717, 1.165) is 10.2 Å². The molecule has 62 valence electrons. The highest BCUT2D eigenvalue weighted by Crippen LogP contribution is 2.26. The van der Waals surface area contributed by atoms with Gasteiger partial charge in [0.1, 0.15) is 0 Å². The number of nitrogens with zero attached hydrogens (tertiary/aromatic N) is 1. The summed E-state index contributed by atoms with van der Waals surface area (Å²) in [5.74, 6) is 0.860. The summed E-state index contributed by atoms with van der Waals surface area (Å²) in [6.07, 6.45) is 0.603. The van der Waals surface area contributed by atoms with Gasteiger partial charge in [-0.25, -0.2) is 0 Å². The molecule has 0 aromatic heterocycles. The minimum Gasteiger partial charge on any atom is -0.198 e. The van der Waals surface area contributed by atoms with Gasteiger partial charge in [0.05, 0.1) is 6.07 Å². The number of hydrogen-bond acceptors (Lipinski definition) is 2. The van der Waals surface area contributed by atoms with E-state index in [4.69, 9.17) is 5.26 Å². The van der Waals surface area contributed by atoms with Gasteiger partial charge >= 0.3 is 0 Å². The van der Waals surface area contributed by atoms with Crippen LogP contribution in [0.2, 0.25) is 0 Å². The molecule has 0 radical (unpaired) electrons. The lowest BCUT2D eigenvalue weighted by Gasteiger charge is -2.00. The third kappa shape index (κ3) is 2.88. The molecule has 3 heteroatoms. The quantitative estimate of drug-likeness (QED) is 0.598. The zero-order chi connectivity index (χ0) is 8.81. The summed E-state index contributed by atoms with van der Waals surface area (Å²) >= 11 is 5.15. The maximum absolute atomic E-state index is 8.34. The van der Waals surface area contributed by atoms with E-state index in [2.05, 4.69) is 22.0 Å². The summed E-state index contributed by atoms with van der Waals surface area (Å²) in [5.41, 5.74) is 0. The largest absolute Gasteiger partial charge is 0.198 e. The summed E-state index contributed by atoms with van der Waals surface area (Å²) < 4.78 is 1.10. The van der Waals surface area contributed by atoms with E-state index in [9.17, 15) is 0 Å². The maximum Gasteiger partial charge on any atom is 0.0630 e. The Morgan fingerprint density at radius 3 is 2.83 bits per heavy atom. The standard InChI is InChI=1S/C9H8BrNS/c10-8-4-1-2-5-9(8)12-7-3-6-11/h1-2,4-5H,3,7H2. The van der Waals surface area contributed by atoms with Crippen LogP contribution in [0, 0.1) is 11.3 Å². The number of hydrogen-bond donors (Lipinski definition) is 0. The molecule has 1 aromatic rings. The van der Waals surface area contributed by atoms with Crippen LogP contribution in [0.4, 0.5) is 0 Å². The molecular weight excluding hydrogens is 234 g/mol. The number of nitriles is 1. The van der Waals surface area contributed by atoms with Crippen molar-refractivity contribution in [3.8, 4) is 6.07 Å². The Morgan fingerprint density at radius 2 is 2.17 bits per heavy atom. The number of thioether (sulfide) groups is 1. The molecule has 1 nitrogen and oxygen atoms in total. The maximum atomic E-state index is 8.34. The van der Waals surface area contributed by atoms with Crippen LogP contribution in [0.15, 0.2) is 33.6 Å².